The van der Waals surface area contributed by atoms with Crippen LogP contribution in [0.25, 0.3) is 22.6 Å². The minimum Gasteiger partial charge on any atom is -0.497 e. The van der Waals surface area contributed by atoms with E-state index < -0.39 is 0 Å². The van der Waals surface area contributed by atoms with Crippen molar-refractivity contribution in [3.05, 3.63) is 71.8 Å². The number of halogens is 1. The monoisotopic (exact) mass is 424 g/mol. The van der Waals surface area contributed by atoms with Crippen LogP contribution in [0.4, 0.5) is 5.69 Å². The van der Waals surface area contributed by atoms with Gasteiger partial charge in [0.25, 0.3) is 0 Å². The van der Waals surface area contributed by atoms with Gasteiger partial charge < -0.3 is 14.5 Å². The van der Waals surface area contributed by atoms with Gasteiger partial charge in [0.2, 0.25) is 11.8 Å². The van der Waals surface area contributed by atoms with Crippen LogP contribution in [0.2, 0.25) is 5.02 Å². The molecule has 0 unspecified atom stereocenters. The molecule has 0 saturated heterocycles. The molecule has 0 spiro atoms. The average molecular weight is 425 g/mol. The number of carbonyl (C=O) groups is 1. The van der Waals surface area contributed by atoms with Gasteiger partial charge in [-0.15, -0.1) is 11.8 Å². The van der Waals surface area contributed by atoms with Gasteiger partial charge >= 0.3 is 0 Å². The molecule has 4 aromatic rings. The number of amides is 1. The molecule has 1 heterocycles. The predicted molar refractivity (Wildman–Crippen MR) is 117 cm³/mol. The van der Waals surface area contributed by atoms with Crippen LogP contribution in [-0.4, -0.2) is 23.8 Å². The molecule has 146 valence electrons. The summed E-state index contributed by atoms with van der Waals surface area (Å²) in [5.74, 6) is 1.49. The van der Waals surface area contributed by atoms with E-state index in [0.29, 0.717) is 33.5 Å². The van der Waals surface area contributed by atoms with Crippen molar-refractivity contribution in [3.63, 3.8) is 0 Å². The highest BCUT2D eigenvalue weighted by Gasteiger charge is 2.10. The fourth-order valence-corrected chi connectivity index (χ4v) is 3.56. The van der Waals surface area contributed by atoms with Crippen LogP contribution in [0.3, 0.4) is 0 Å². The Labute approximate surface area is 177 Å². The van der Waals surface area contributed by atoms with Gasteiger partial charge in [-0.2, -0.15) is 0 Å². The van der Waals surface area contributed by atoms with Crippen molar-refractivity contribution in [1.29, 1.82) is 0 Å². The van der Waals surface area contributed by atoms with Gasteiger partial charge in [0.05, 0.1) is 12.9 Å². The highest BCUT2D eigenvalue weighted by molar-refractivity contribution is 8.00. The molecule has 5 nitrogen and oxygen atoms in total. The SMILES string of the molecule is COc1ccc(-c2nc3cc(NC(=O)CSc4ccc(Cl)cc4)ccc3o2)cc1. The number of oxazole rings is 1. The third-order valence-electron chi connectivity index (χ3n) is 4.19. The lowest BCUT2D eigenvalue weighted by Gasteiger charge is -2.05. The lowest BCUT2D eigenvalue weighted by molar-refractivity contribution is -0.113. The molecule has 1 N–H and O–H groups in total. The largest absolute Gasteiger partial charge is 0.497 e. The van der Waals surface area contributed by atoms with E-state index in [9.17, 15) is 4.79 Å². The third-order valence-corrected chi connectivity index (χ3v) is 5.46. The minimum atomic E-state index is -0.0943. The Kier molecular flexibility index (Phi) is 5.74. The van der Waals surface area contributed by atoms with Crippen molar-refractivity contribution < 1.29 is 13.9 Å². The van der Waals surface area contributed by atoms with Crippen LogP contribution in [0.1, 0.15) is 0 Å². The topological polar surface area (TPSA) is 64.4 Å². The Balaban J connectivity index is 1.44. The standard InChI is InChI=1S/C22H17ClN2O3S/c1-27-17-7-2-14(3-8-17)22-25-19-12-16(6-11-20(19)28-22)24-21(26)13-29-18-9-4-15(23)5-10-18/h2-12H,13H2,1H3,(H,24,26). The maximum absolute atomic E-state index is 12.3. The summed E-state index contributed by atoms with van der Waals surface area (Å²) in [6.45, 7) is 0. The number of nitrogens with one attached hydrogen (secondary N) is 1. The van der Waals surface area contributed by atoms with Crippen molar-refractivity contribution in [2.75, 3.05) is 18.2 Å². The molecule has 0 aliphatic heterocycles. The number of aromatic nitrogens is 1. The molecule has 0 aliphatic rings. The first kappa shape index (κ1) is 19.4. The van der Waals surface area contributed by atoms with Crippen molar-refractivity contribution in [2.24, 2.45) is 0 Å². The van der Waals surface area contributed by atoms with E-state index in [-0.39, 0.29) is 5.91 Å². The summed E-state index contributed by atoms with van der Waals surface area (Å²) in [6.07, 6.45) is 0. The molecule has 0 fully saturated rings. The molecular formula is C22H17ClN2O3S. The van der Waals surface area contributed by atoms with Crippen LogP contribution in [0, 0.1) is 0 Å². The average Bonchev–Trinajstić information content (AvgIpc) is 3.17. The van der Waals surface area contributed by atoms with Crippen molar-refractivity contribution >= 4 is 46.1 Å². The number of fused-ring (bicyclic) bond motifs is 1. The Hall–Kier alpha value is -2.96. The highest BCUT2D eigenvalue weighted by Crippen LogP contribution is 2.28. The number of ether oxygens (including phenoxy) is 1. The molecule has 0 atom stereocenters. The number of thioether (sulfide) groups is 1. The maximum atomic E-state index is 12.3. The Morgan fingerprint density at radius 2 is 1.86 bits per heavy atom. The molecule has 0 bridgehead atoms. The normalized spacial score (nSPS) is 10.8. The number of carbonyl (C=O) groups excluding carboxylic acids is 1. The van der Waals surface area contributed by atoms with E-state index in [2.05, 4.69) is 10.3 Å². The zero-order valence-electron chi connectivity index (χ0n) is 15.5. The molecule has 1 amide bonds. The first-order valence-corrected chi connectivity index (χ1v) is 10.2. The Morgan fingerprint density at radius 1 is 1.10 bits per heavy atom. The summed E-state index contributed by atoms with van der Waals surface area (Å²) < 4.78 is 11.0. The van der Waals surface area contributed by atoms with Gasteiger partial charge in [-0.3, -0.25) is 4.79 Å². The Morgan fingerprint density at radius 3 is 2.59 bits per heavy atom. The number of hydrogen-bond donors (Lipinski definition) is 1. The molecule has 0 radical (unpaired) electrons. The summed E-state index contributed by atoms with van der Waals surface area (Å²) in [5.41, 5.74) is 2.86. The molecule has 3 aromatic carbocycles. The smallest absolute Gasteiger partial charge is 0.234 e. The van der Waals surface area contributed by atoms with Gasteiger partial charge in [-0.1, -0.05) is 11.6 Å². The first-order chi connectivity index (χ1) is 14.1. The second kappa shape index (κ2) is 8.59. The molecule has 29 heavy (non-hydrogen) atoms. The van der Waals surface area contributed by atoms with E-state index >= 15 is 0 Å². The zero-order chi connectivity index (χ0) is 20.2. The summed E-state index contributed by atoms with van der Waals surface area (Å²) in [7, 11) is 1.62. The second-order valence-corrected chi connectivity index (χ2v) is 7.71. The van der Waals surface area contributed by atoms with E-state index in [4.69, 9.17) is 20.8 Å². The molecule has 7 heteroatoms. The van der Waals surface area contributed by atoms with Crippen LogP contribution in [0.15, 0.2) is 76.0 Å². The first-order valence-electron chi connectivity index (χ1n) is 8.84. The van der Waals surface area contributed by atoms with Crippen LogP contribution >= 0.6 is 23.4 Å². The molecule has 0 saturated carbocycles. The maximum Gasteiger partial charge on any atom is 0.234 e. The van der Waals surface area contributed by atoms with Crippen LogP contribution in [0.5, 0.6) is 5.75 Å². The van der Waals surface area contributed by atoms with Crippen LogP contribution < -0.4 is 10.1 Å². The summed E-state index contributed by atoms with van der Waals surface area (Å²) in [5, 5.41) is 3.57. The fraction of sp³-hybridized carbons (Fsp3) is 0.0909. The van der Waals surface area contributed by atoms with Gasteiger partial charge in [0.15, 0.2) is 5.58 Å². The lowest BCUT2D eigenvalue weighted by Crippen LogP contribution is -2.13. The van der Waals surface area contributed by atoms with Gasteiger partial charge in [-0.25, -0.2) is 4.98 Å². The van der Waals surface area contributed by atoms with Gasteiger partial charge in [0.1, 0.15) is 11.3 Å². The third kappa shape index (κ3) is 4.72. The number of anilines is 1. The molecule has 1 aromatic heterocycles. The summed E-state index contributed by atoms with van der Waals surface area (Å²) in [6, 6.07) is 20.3. The minimum absolute atomic E-state index is 0.0943. The number of hydrogen-bond acceptors (Lipinski definition) is 5. The number of methoxy groups -OCH3 is 1. The van der Waals surface area contributed by atoms with Crippen molar-refractivity contribution in [3.8, 4) is 17.2 Å². The van der Waals surface area contributed by atoms with Crippen molar-refractivity contribution in [1.82, 2.24) is 4.98 Å². The molecule has 4 rings (SSSR count). The van der Waals surface area contributed by atoms with E-state index in [1.54, 1.807) is 37.4 Å². The number of benzene rings is 3. The van der Waals surface area contributed by atoms with Crippen LogP contribution in [-0.2, 0) is 4.79 Å². The summed E-state index contributed by atoms with van der Waals surface area (Å²) in [4.78, 5) is 17.8. The van der Waals surface area contributed by atoms with Gasteiger partial charge in [-0.05, 0) is 66.7 Å². The fourth-order valence-electron chi connectivity index (χ4n) is 2.74. The quantitative estimate of drug-likeness (QED) is 0.391. The lowest BCUT2D eigenvalue weighted by atomic mass is 10.2. The zero-order valence-corrected chi connectivity index (χ0v) is 17.1. The Bertz CT molecular complexity index is 1140. The molecule has 0 aliphatic carbocycles. The molecular weight excluding hydrogens is 408 g/mol. The summed E-state index contributed by atoms with van der Waals surface area (Å²) >= 11 is 7.33. The number of rotatable bonds is 6. The van der Waals surface area contributed by atoms with Crippen molar-refractivity contribution in [2.45, 2.75) is 4.90 Å². The van der Waals surface area contributed by atoms with E-state index in [0.717, 1.165) is 16.2 Å². The second-order valence-electron chi connectivity index (χ2n) is 6.22. The van der Waals surface area contributed by atoms with E-state index in [1.165, 1.54) is 11.8 Å². The number of nitrogens with zero attached hydrogens (tertiary/aromatic N) is 1. The van der Waals surface area contributed by atoms with Gasteiger partial charge in [0, 0.05) is 21.2 Å². The van der Waals surface area contributed by atoms with E-state index in [1.807, 2.05) is 36.4 Å². The highest BCUT2D eigenvalue weighted by atomic mass is 35.5. The predicted octanol–water partition coefficient (Wildman–Crippen LogP) is 5.89.